The Hall–Kier alpha value is -2.64. The van der Waals surface area contributed by atoms with Crippen molar-refractivity contribution in [1.82, 2.24) is 9.88 Å². The van der Waals surface area contributed by atoms with Crippen LogP contribution in [-0.4, -0.2) is 52.9 Å². The van der Waals surface area contributed by atoms with Crippen molar-refractivity contribution in [3.63, 3.8) is 0 Å². The van der Waals surface area contributed by atoms with Gasteiger partial charge in [0.25, 0.3) is 0 Å². The van der Waals surface area contributed by atoms with Crippen LogP contribution in [0.1, 0.15) is 6.92 Å². The van der Waals surface area contributed by atoms with E-state index in [1.807, 2.05) is 13.0 Å². The fourth-order valence-corrected chi connectivity index (χ4v) is 2.70. The molecule has 2 N–H and O–H groups in total. The van der Waals surface area contributed by atoms with Crippen molar-refractivity contribution in [2.75, 3.05) is 25.1 Å². The van der Waals surface area contributed by atoms with Gasteiger partial charge in [-0.25, -0.2) is 4.79 Å². The van der Waals surface area contributed by atoms with Crippen LogP contribution in [-0.2, 0) is 4.74 Å². The van der Waals surface area contributed by atoms with Crippen LogP contribution in [0.5, 0.6) is 11.5 Å². The zero-order valence-electron chi connectivity index (χ0n) is 14.0. The van der Waals surface area contributed by atoms with Gasteiger partial charge in [-0.3, -0.25) is 4.98 Å². The predicted molar refractivity (Wildman–Crippen MR) is 92.8 cm³/mol. The van der Waals surface area contributed by atoms with E-state index in [9.17, 15) is 9.90 Å². The molecule has 0 unspecified atom stereocenters. The summed E-state index contributed by atoms with van der Waals surface area (Å²) in [5.74, 6) is 1.30. The van der Waals surface area contributed by atoms with Gasteiger partial charge in [-0.1, -0.05) is 0 Å². The SMILES string of the molecule is CCN(C(=O)Nc1ccc(Oc2cccnc2)cc1)[C@@H]1COC[C@H]1O. The minimum absolute atomic E-state index is 0.259. The first-order valence-corrected chi connectivity index (χ1v) is 8.18. The Morgan fingerprint density at radius 3 is 2.72 bits per heavy atom. The van der Waals surface area contributed by atoms with Crippen LogP contribution in [0, 0.1) is 0 Å². The van der Waals surface area contributed by atoms with E-state index in [1.165, 1.54) is 0 Å². The lowest BCUT2D eigenvalue weighted by Gasteiger charge is -2.28. The minimum Gasteiger partial charge on any atom is -0.456 e. The number of hydrogen-bond acceptors (Lipinski definition) is 5. The summed E-state index contributed by atoms with van der Waals surface area (Å²) >= 11 is 0. The number of anilines is 1. The number of rotatable bonds is 5. The Labute approximate surface area is 146 Å². The van der Waals surface area contributed by atoms with Crippen molar-refractivity contribution in [1.29, 1.82) is 0 Å². The molecule has 2 aromatic rings. The van der Waals surface area contributed by atoms with Gasteiger partial charge in [0.15, 0.2) is 0 Å². The van der Waals surface area contributed by atoms with E-state index >= 15 is 0 Å². The van der Waals surface area contributed by atoms with Gasteiger partial charge < -0.3 is 24.8 Å². The van der Waals surface area contributed by atoms with Crippen LogP contribution in [0.4, 0.5) is 10.5 Å². The van der Waals surface area contributed by atoms with Gasteiger partial charge in [-0.2, -0.15) is 0 Å². The monoisotopic (exact) mass is 343 g/mol. The largest absolute Gasteiger partial charge is 0.456 e. The third kappa shape index (κ3) is 4.26. The standard InChI is InChI=1S/C18H21N3O4/c1-2-21(16-11-24-12-17(16)22)18(23)20-13-5-7-14(8-6-13)25-15-4-3-9-19-10-15/h3-10,16-17,22H,2,11-12H2,1H3,(H,20,23)/t16-,17-/m1/s1. The number of aromatic nitrogens is 1. The summed E-state index contributed by atoms with van der Waals surface area (Å²) in [5, 5.41) is 12.7. The summed E-state index contributed by atoms with van der Waals surface area (Å²) in [7, 11) is 0. The first-order valence-electron chi connectivity index (χ1n) is 8.18. The number of likely N-dealkylation sites (N-methyl/N-ethyl adjacent to an activating group) is 1. The highest BCUT2D eigenvalue weighted by molar-refractivity contribution is 5.89. The Kier molecular flexibility index (Phi) is 5.47. The van der Waals surface area contributed by atoms with E-state index in [2.05, 4.69) is 10.3 Å². The van der Waals surface area contributed by atoms with Crippen LogP contribution < -0.4 is 10.1 Å². The van der Waals surface area contributed by atoms with E-state index in [0.29, 0.717) is 30.3 Å². The molecule has 1 aromatic heterocycles. The maximum absolute atomic E-state index is 12.5. The molecule has 2 heterocycles. The second-order valence-corrected chi connectivity index (χ2v) is 5.70. The van der Waals surface area contributed by atoms with E-state index in [1.54, 1.807) is 47.6 Å². The molecule has 0 bridgehead atoms. The topological polar surface area (TPSA) is 83.9 Å². The molecule has 2 atom stereocenters. The van der Waals surface area contributed by atoms with Crippen LogP contribution in [0.2, 0.25) is 0 Å². The van der Waals surface area contributed by atoms with Gasteiger partial charge in [0, 0.05) is 18.4 Å². The first kappa shape index (κ1) is 17.2. The summed E-state index contributed by atoms with van der Waals surface area (Å²) in [4.78, 5) is 18.0. The van der Waals surface area contributed by atoms with Crippen LogP contribution in [0.3, 0.4) is 0 Å². The zero-order valence-corrected chi connectivity index (χ0v) is 14.0. The molecule has 7 nitrogen and oxygen atoms in total. The molecule has 3 rings (SSSR count). The fraction of sp³-hybridized carbons (Fsp3) is 0.333. The molecule has 1 aromatic carbocycles. The van der Waals surface area contributed by atoms with Gasteiger partial charge in [0.2, 0.25) is 0 Å². The smallest absolute Gasteiger partial charge is 0.322 e. The van der Waals surface area contributed by atoms with E-state index < -0.39 is 6.10 Å². The second-order valence-electron chi connectivity index (χ2n) is 5.70. The average molecular weight is 343 g/mol. The number of ether oxygens (including phenoxy) is 2. The number of benzene rings is 1. The molecule has 132 valence electrons. The number of carbonyl (C=O) groups excluding carboxylic acids is 1. The van der Waals surface area contributed by atoms with Crippen molar-refractivity contribution in [3.05, 3.63) is 48.8 Å². The number of aliphatic hydroxyl groups excluding tert-OH is 1. The van der Waals surface area contributed by atoms with E-state index in [4.69, 9.17) is 9.47 Å². The normalized spacial score (nSPS) is 19.4. The highest BCUT2D eigenvalue weighted by Gasteiger charge is 2.33. The van der Waals surface area contributed by atoms with E-state index in [-0.39, 0.29) is 18.7 Å². The first-order chi connectivity index (χ1) is 12.2. The third-order valence-electron chi connectivity index (χ3n) is 4.00. The molecule has 0 spiro atoms. The third-order valence-corrected chi connectivity index (χ3v) is 4.00. The molecule has 1 saturated heterocycles. The minimum atomic E-state index is -0.652. The maximum Gasteiger partial charge on any atom is 0.322 e. The lowest BCUT2D eigenvalue weighted by Crippen LogP contribution is -2.48. The van der Waals surface area contributed by atoms with Crippen molar-refractivity contribution in [2.24, 2.45) is 0 Å². The molecule has 2 amide bonds. The molecule has 1 fully saturated rings. The van der Waals surface area contributed by atoms with Gasteiger partial charge in [-0.15, -0.1) is 0 Å². The van der Waals surface area contributed by atoms with Gasteiger partial charge in [0.05, 0.1) is 31.6 Å². The van der Waals surface area contributed by atoms with Crippen molar-refractivity contribution < 1.29 is 19.4 Å². The summed E-state index contributed by atoms with van der Waals surface area (Å²) in [6.07, 6.45) is 2.65. The maximum atomic E-state index is 12.5. The van der Waals surface area contributed by atoms with Gasteiger partial charge >= 0.3 is 6.03 Å². The number of carbonyl (C=O) groups is 1. The average Bonchev–Trinajstić information content (AvgIpc) is 3.04. The number of nitrogens with zero attached hydrogens (tertiary/aromatic N) is 2. The molecule has 0 aliphatic carbocycles. The highest BCUT2D eigenvalue weighted by atomic mass is 16.5. The molecule has 1 aliphatic rings. The Balaban J connectivity index is 1.61. The van der Waals surface area contributed by atoms with Crippen molar-refractivity contribution in [2.45, 2.75) is 19.1 Å². The molecule has 7 heteroatoms. The zero-order chi connectivity index (χ0) is 17.6. The highest BCUT2D eigenvalue weighted by Crippen LogP contribution is 2.22. The predicted octanol–water partition coefficient (Wildman–Crippen LogP) is 2.49. The van der Waals surface area contributed by atoms with Gasteiger partial charge in [0.1, 0.15) is 11.5 Å². The number of nitrogens with one attached hydrogen (secondary N) is 1. The Morgan fingerprint density at radius 2 is 2.12 bits per heavy atom. The lowest BCUT2D eigenvalue weighted by molar-refractivity contribution is 0.1000. The fourth-order valence-electron chi connectivity index (χ4n) is 2.70. The quantitative estimate of drug-likeness (QED) is 0.871. The lowest BCUT2D eigenvalue weighted by atomic mass is 10.2. The summed E-state index contributed by atoms with van der Waals surface area (Å²) in [6, 6.07) is 10.1. The van der Waals surface area contributed by atoms with Crippen LogP contribution in [0.15, 0.2) is 48.8 Å². The van der Waals surface area contributed by atoms with Crippen LogP contribution >= 0.6 is 0 Å². The van der Waals surface area contributed by atoms with Crippen molar-refractivity contribution in [3.8, 4) is 11.5 Å². The molecule has 1 aliphatic heterocycles. The number of urea groups is 1. The number of aliphatic hydroxyl groups is 1. The molecule has 25 heavy (non-hydrogen) atoms. The molecular formula is C18H21N3O4. The molecule has 0 radical (unpaired) electrons. The summed E-state index contributed by atoms with van der Waals surface area (Å²) in [6.45, 7) is 2.96. The molecule has 0 saturated carbocycles. The van der Waals surface area contributed by atoms with Gasteiger partial charge in [-0.05, 0) is 43.3 Å². The van der Waals surface area contributed by atoms with E-state index in [0.717, 1.165) is 0 Å². The summed E-state index contributed by atoms with van der Waals surface area (Å²) < 4.78 is 10.9. The summed E-state index contributed by atoms with van der Waals surface area (Å²) in [5.41, 5.74) is 0.649. The van der Waals surface area contributed by atoms with Crippen molar-refractivity contribution >= 4 is 11.7 Å². The number of amides is 2. The number of pyridine rings is 1. The Bertz CT molecular complexity index is 693. The molecular weight excluding hydrogens is 322 g/mol. The Morgan fingerprint density at radius 1 is 1.32 bits per heavy atom. The number of hydrogen-bond donors (Lipinski definition) is 2. The van der Waals surface area contributed by atoms with Crippen LogP contribution in [0.25, 0.3) is 0 Å². The second kappa shape index (κ2) is 7.96.